The van der Waals surface area contributed by atoms with Crippen LogP contribution in [0, 0.1) is 13.8 Å². The third-order valence-corrected chi connectivity index (χ3v) is 5.42. The standard InChI is InChI=1S/C24H24N2O3/c1-14-11-12-19(15(2)13-14)26-23(27)16(3)29-24(28)22-17-7-4-5-9-20(17)25-21-10-6-8-18(21)22/h4-5,7,9,11-13,16H,6,8,10H2,1-3H3,(H,26,27)/t16-/m0/s1. The molecule has 2 aromatic carbocycles. The molecular weight excluding hydrogens is 364 g/mol. The molecule has 5 heteroatoms. The number of rotatable bonds is 4. The molecule has 0 radical (unpaired) electrons. The Kier molecular flexibility index (Phi) is 5.05. The van der Waals surface area contributed by atoms with Gasteiger partial charge in [0, 0.05) is 16.8 Å². The highest BCUT2D eigenvalue weighted by atomic mass is 16.5. The van der Waals surface area contributed by atoms with Crippen LogP contribution >= 0.6 is 0 Å². The predicted octanol–water partition coefficient (Wildman–Crippen LogP) is 4.52. The molecule has 1 N–H and O–H groups in total. The van der Waals surface area contributed by atoms with E-state index in [0.29, 0.717) is 5.56 Å². The number of pyridine rings is 1. The Morgan fingerprint density at radius 2 is 1.90 bits per heavy atom. The van der Waals surface area contributed by atoms with Crippen molar-refractivity contribution < 1.29 is 14.3 Å². The number of hydrogen-bond donors (Lipinski definition) is 1. The fraction of sp³-hybridized carbons (Fsp3) is 0.292. The number of ether oxygens (including phenoxy) is 1. The van der Waals surface area contributed by atoms with E-state index < -0.39 is 12.1 Å². The van der Waals surface area contributed by atoms with E-state index >= 15 is 0 Å². The van der Waals surface area contributed by atoms with Crippen molar-refractivity contribution in [1.82, 2.24) is 4.98 Å². The minimum absolute atomic E-state index is 0.347. The summed E-state index contributed by atoms with van der Waals surface area (Å²) in [7, 11) is 0. The number of aryl methyl sites for hydroxylation is 3. The van der Waals surface area contributed by atoms with Gasteiger partial charge in [-0.05, 0) is 63.3 Å². The third kappa shape index (κ3) is 3.73. The summed E-state index contributed by atoms with van der Waals surface area (Å²) in [5.74, 6) is -0.815. The van der Waals surface area contributed by atoms with Gasteiger partial charge in [-0.25, -0.2) is 4.79 Å². The Labute approximate surface area is 170 Å². The minimum Gasteiger partial charge on any atom is -0.449 e. The Morgan fingerprint density at radius 1 is 1.10 bits per heavy atom. The van der Waals surface area contributed by atoms with E-state index in [-0.39, 0.29) is 5.91 Å². The van der Waals surface area contributed by atoms with Crippen molar-refractivity contribution in [2.24, 2.45) is 0 Å². The van der Waals surface area contributed by atoms with Crippen LogP contribution in [0.25, 0.3) is 10.9 Å². The highest BCUT2D eigenvalue weighted by molar-refractivity contribution is 6.06. The molecule has 0 unspecified atom stereocenters. The first-order chi connectivity index (χ1) is 13.9. The van der Waals surface area contributed by atoms with Gasteiger partial charge in [-0.1, -0.05) is 35.9 Å². The Morgan fingerprint density at radius 3 is 2.69 bits per heavy atom. The number of carbonyl (C=O) groups is 2. The van der Waals surface area contributed by atoms with E-state index in [9.17, 15) is 9.59 Å². The molecule has 0 aliphatic heterocycles. The van der Waals surface area contributed by atoms with Gasteiger partial charge in [-0.15, -0.1) is 0 Å². The second-order valence-corrected chi connectivity index (χ2v) is 7.64. The number of nitrogens with one attached hydrogen (secondary N) is 1. The highest BCUT2D eigenvalue weighted by Gasteiger charge is 2.27. The van der Waals surface area contributed by atoms with Gasteiger partial charge in [-0.3, -0.25) is 9.78 Å². The molecule has 29 heavy (non-hydrogen) atoms. The lowest BCUT2D eigenvalue weighted by Gasteiger charge is -2.17. The highest BCUT2D eigenvalue weighted by Crippen LogP contribution is 2.30. The molecule has 148 valence electrons. The number of para-hydroxylation sites is 1. The molecule has 0 saturated carbocycles. The van der Waals surface area contributed by atoms with Crippen molar-refractivity contribution in [2.75, 3.05) is 5.32 Å². The quantitative estimate of drug-likeness (QED) is 0.667. The second kappa shape index (κ2) is 7.66. The van der Waals surface area contributed by atoms with E-state index in [1.807, 2.05) is 56.3 Å². The van der Waals surface area contributed by atoms with Crippen LogP contribution < -0.4 is 5.32 Å². The number of aromatic nitrogens is 1. The first-order valence-corrected chi connectivity index (χ1v) is 9.93. The number of nitrogens with zero attached hydrogens (tertiary/aromatic N) is 1. The van der Waals surface area contributed by atoms with Gasteiger partial charge in [0.05, 0.1) is 11.1 Å². The molecule has 0 fully saturated rings. The largest absolute Gasteiger partial charge is 0.449 e. The monoisotopic (exact) mass is 388 g/mol. The number of hydrogen-bond acceptors (Lipinski definition) is 4. The Bertz CT molecular complexity index is 1120. The van der Waals surface area contributed by atoms with E-state index in [1.165, 1.54) is 0 Å². The summed E-state index contributed by atoms with van der Waals surface area (Å²) in [6, 6.07) is 13.4. The van der Waals surface area contributed by atoms with Crippen LogP contribution in [0.1, 0.15) is 46.1 Å². The molecule has 1 aliphatic rings. The summed E-state index contributed by atoms with van der Waals surface area (Å²) >= 11 is 0. The van der Waals surface area contributed by atoms with Crippen LogP contribution in [-0.2, 0) is 22.4 Å². The Hall–Kier alpha value is -3.21. The number of fused-ring (bicyclic) bond motifs is 2. The van der Waals surface area contributed by atoms with Crippen LogP contribution in [0.4, 0.5) is 5.69 Å². The maximum atomic E-state index is 13.1. The molecule has 5 nitrogen and oxygen atoms in total. The molecule has 3 aromatic rings. The summed E-state index contributed by atoms with van der Waals surface area (Å²) in [5, 5.41) is 3.63. The lowest BCUT2D eigenvalue weighted by molar-refractivity contribution is -0.123. The lowest BCUT2D eigenvalue weighted by atomic mass is 10.0. The smallest absolute Gasteiger partial charge is 0.339 e. The van der Waals surface area contributed by atoms with Crippen molar-refractivity contribution in [3.05, 3.63) is 70.4 Å². The SMILES string of the molecule is Cc1ccc(NC(=O)[C@H](C)OC(=O)c2c3c(nc4ccccc24)CCC3)c(C)c1. The van der Waals surface area contributed by atoms with Gasteiger partial charge in [0.15, 0.2) is 6.10 Å². The number of benzene rings is 2. The molecular formula is C24H24N2O3. The van der Waals surface area contributed by atoms with Crippen molar-refractivity contribution in [3.8, 4) is 0 Å². The number of esters is 1. The van der Waals surface area contributed by atoms with Crippen LogP contribution in [0.15, 0.2) is 42.5 Å². The molecule has 1 aliphatic carbocycles. The first-order valence-electron chi connectivity index (χ1n) is 9.93. The normalized spacial score (nSPS) is 13.8. The predicted molar refractivity (Wildman–Crippen MR) is 113 cm³/mol. The Balaban J connectivity index is 1.57. The summed E-state index contributed by atoms with van der Waals surface area (Å²) < 4.78 is 5.59. The zero-order valence-electron chi connectivity index (χ0n) is 16.9. The summed E-state index contributed by atoms with van der Waals surface area (Å²) in [5.41, 5.74) is 6.06. The molecule has 1 amide bonds. The summed E-state index contributed by atoms with van der Waals surface area (Å²) in [6.45, 7) is 5.53. The van der Waals surface area contributed by atoms with Crippen LogP contribution in [0.5, 0.6) is 0 Å². The van der Waals surface area contributed by atoms with Crippen LogP contribution in [-0.4, -0.2) is 23.0 Å². The van der Waals surface area contributed by atoms with Crippen LogP contribution in [0.2, 0.25) is 0 Å². The number of carbonyl (C=O) groups excluding carboxylic acids is 2. The van der Waals surface area contributed by atoms with Gasteiger partial charge in [0.2, 0.25) is 0 Å². The fourth-order valence-electron chi connectivity index (χ4n) is 3.91. The minimum atomic E-state index is -0.910. The van der Waals surface area contributed by atoms with Crippen molar-refractivity contribution >= 4 is 28.5 Å². The van der Waals surface area contributed by atoms with Crippen LogP contribution in [0.3, 0.4) is 0 Å². The molecule has 1 atom stereocenters. The second-order valence-electron chi connectivity index (χ2n) is 7.64. The van der Waals surface area contributed by atoms with E-state index in [0.717, 1.165) is 58.2 Å². The van der Waals surface area contributed by atoms with Gasteiger partial charge >= 0.3 is 5.97 Å². The molecule has 0 spiro atoms. The molecule has 1 heterocycles. The number of amides is 1. The zero-order valence-corrected chi connectivity index (χ0v) is 16.9. The van der Waals surface area contributed by atoms with Gasteiger partial charge in [0.1, 0.15) is 0 Å². The van der Waals surface area contributed by atoms with Gasteiger partial charge in [0.25, 0.3) is 5.91 Å². The molecule has 4 rings (SSSR count). The molecule has 0 saturated heterocycles. The van der Waals surface area contributed by atoms with Crippen molar-refractivity contribution in [1.29, 1.82) is 0 Å². The van der Waals surface area contributed by atoms with E-state index in [1.54, 1.807) is 6.92 Å². The van der Waals surface area contributed by atoms with Gasteiger partial charge in [-0.2, -0.15) is 0 Å². The average molecular weight is 388 g/mol. The summed E-state index contributed by atoms with van der Waals surface area (Å²) in [4.78, 5) is 30.4. The maximum Gasteiger partial charge on any atom is 0.339 e. The van der Waals surface area contributed by atoms with Crippen molar-refractivity contribution in [2.45, 2.75) is 46.1 Å². The topological polar surface area (TPSA) is 68.3 Å². The number of anilines is 1. The zero-order chi connectivity index (χ0) is 20.5. The fourth-order valence-corrected chi connectivity index (χ4v) is 3.91. The molecule has 0 bridgehead atoms. The lowest BCUT2D eigenvalue weighted by Crippen LogP contribution is -2.30. The maximum absolute atomic E-state index is 13.1. The summed E-state index contributed by atoms with van der Waals surface area (Å²) in [6.07, 6.45) is 1.73. The average Bonchev–Trinajstić information content (AvgIpc) is 3.15. The first kappa shape index (κ1) is 19.1. The van der Waals surface area contributed by atoms with Crippen molar-refractivity contribution in [3.63, 3.8) is 0 Å². The third-order valence-electron chi connectivity index (χ3n) is 5.42. The van der Waals surface area contributed by atoms with E-state index in [4.69, 9.17) is 9.72 Å². The molecule has 1 aromatic heterocycles. The van der Waals surface area contributed by atoms with Gasteiger partial charge < -0.3 is 10.1 Å². The van der Waals surface area contributed by atoms with E-state index in [2.05, 4.69) is 5.32 Å².